The quantitative estimate of drug-likeness (QED) is 0.801. The maximum absolute atomic E-state index is 10.5. The lowest BCUT2D eigenvalue weighted by Gasteiger charge is -2.30. The predicted octanol–water partition coefficient (Wildman–Crippen LogP) is 2.23. The van der Waals surface area contributed by atoms with Gasteiger partial charge in [0.1, 0.15) is 0 Å². The largest absolute Gasteiger partial charge is 0.392 e. The van der Waals surface area contributed by atoms with Crippen molar-refractivity contribution in [2.24, 2.45) is 0 Å². The second-order valence-electron chi connectivity index (χ2n) is 5.75. The number of nitrogens with one attached hydrogen (secondary N) is 1. The Morgan fingerprint density at radius 1 is 1.15 bits per heavy atom. The fraction of sp³-hybridized carbons (Fsp3) is 0.647. The third-order valence-corrected chi connectivity index (χ3v) is 4.24. The van der Waals surface area contributed by atoms with Crippen LogP contribution in [0.15, 0.2) is 30.3 Å². The van der Waals surface area contributed by atoms with Gasteiger partial charge < -0.3 is 15.3 Å². The molecule has 3 heteroatoms. The van der Waals surface area contributed by atoms with Gasteiger partial charge in [-0.1, -0.05) is 43.7 Å². The molecule has 0 aromatic heterocycles. The van der Waals surface area contributed by atoms with Crippen LogP contribution in [0.1, 0.15) is 37.7 Å². The minimum absolute atomic E-state index is 0.217. The number of hydrogen-bond acceptors (Lipinski definition) is 3. The number of piperazine rings is 1. The molecule has 0 bridgehead atoms. The van der Waals surface area contributed by atoms with Gasteiger partial charge in [-0.15, -0.1) is 0 Å². The molecule has 2 unspecified atom stereocenters. The maximum Gasteiger partial charge on any atom is 0.0609 e. The van der Waals surface area contributed by atoms with Crippen LogP contribution in [0.25, 0.3) is 0 Å². The van der Waals surface area contributed by atoms with E-state index in [0.29, 0.717) is 0 Å². The highest BCUT2D eigenvalue weighted by molar-refractivity contribution is 5.20. The van der Waals surface area contributed by atoms with Crippen molar-refractivity contribution in [3.8, 4) is 0 Å². The Kier molecular flexibility index (Phi) is 6.51. The number of nitrogens with zero attached hydrogens (tertiary/aromatic N) is 1. The summed E-state index contributed by atoms with van der Waals surface area (Å²) in [6, 6.07) is 10.5. The normalized spacial score (nSPS) is 19.7. The predicted molar refractivity (Wildman–Crippen MR) is 84.0 cm³/mol. The van der Waals surface area contributed by atoms with Crippen LogP contribution in [0.5, 0.6) is 0 Å². The van der Waals surface area contributed by atoms with Crippen LogP contribution in [0, 0.1) is 0 Å². The average Bonchev–Trinajstić information content (AvgIpc) is 2.50. The molecular weight excluding hydrogens is 248 g/mol. The van der Waals surface area contributed by atoms with Gasteiger partial charge in [-0.05, 0) is 24.9 Å². The summed E-state index contributed by atoms with van der Waals surface area (Å²) in [7, 11) is 0. The summed E-state index contributed by atoms with van der Waals surface area (Å²) < 4.78 is 0. The Bertz CT molecular complexity index is 363. The van der Waals surface area contributed by atoms with E-state index in [-0.39, 0.29) is 12.0 Å². The van der Waals surface area contributed by atoms with Crippen molar-refractivity contribution < 1.29 is 5.11 Å². The summed E-state index contributed by atoms with van der Waals surface area (Å²) in [5, 5.41) is 13.8. The number of rotatable bonds is 7. The Labute approximate surface area is 123 Å². The molecule has 0 radical (unpaired) electrons. The highest BCUT2D eigenvalue weighted by Crippen LogP contribution is 2.26. The van der Waals surface area contributed by atoms with Crippen LogP contribution in [0.3, 0.4) is 0 Å². The van der Waals surface area contributed by atoms with E-state index in [9.17, 15) is 5.11 Å². The van der Waals surface area contributed by atoms with Gasteiger partial charge in [0.05, 0.1) is 6.10 Å². The van der Waals surface area contributed by atoms with Gasteiger partial charge in [-0.3, -0.25) is 0 Å². The van der Waals surface area contributed by atoms with Crippen LogP contribution >= 0.6 is 0 Å². The number of aliphatic hydroxyl groups is 1. The molecule has 1 fully saturated rings. The van der Waals surface area contributed by atoms with Crippen LogP contribution in [-0.4, -0.2) is 48.8 Å². The Hall–Kier alpha value is -0.900. The van der Waals surface area contributed by atoms with Gasteiger partial charge >= 0.3 is 0 Å². The molecule has 0 amide bonds. The van der Waals surface area contributed by atoms with E-state index < -0.39 is 0 Å². The highest BCUT2D eigenvalue weighted by atomic mass is 16.3. The third kappa shape index (κ3) is 4.58. The van der Waals surface area contributed by atoms with E-state index in [1.54, 1.807) is 0 Å². The minimum Gasteiger partial charge on any atom is -0.392 e. The van der Waals surface area contributed by atoms with Crippen molar-refractivity contribution >= 4 is 0 Å². The van der Waals surface area contributed by atoms with Crippen molar-refractivity contribution in [3.05, 3.63) is 35.9 Å². The summed E-state index contributed by atoms with van der Waals surface area (Å²) in [6.07, 6.45) is 2.76. The van der Waals surface area contributed by atoms with E-state index in [2.05, 4.69) is 41.4 Å². The lowest BCUT2D eigenvalue weighted by molar-refractivity contribution is 0.118. The molecule has 1 aromatic rings. The van der Waals surface area contributed by atoms with Gasteiger partial charge in [0, 0.05) is 32.1 Å². The molecule has 1 aliphatic rings. The second-order valence-corrected chi connectivity index (χ2v) is 5.75. The van der Waals surface area contributed by atoms with Crippen LogP contribution in [0.2, 0.25) is 0 Å². The summed E-state index contributed by atoms with van der Waals surface area (Å²) in [5.41, 5.74) is 1.28. The molecule has 20 heavy (non-hydrogen) atoms. The molecule has 2 N–H and O–H groups in total. The number of hydrogen-bond donors (Lipinski definition) is 2. The first-order valence-corrected chi connectivity index (χ1v) is 7.97. The van der Waals surface area contributed by atoms with Crippen molar-refractivity contribution in [3.63, 3.8) is 0 Å². The smallest absolute Gasteiger partial charge is 0.0609 e. The first-order valence-electron chi connectivity index (χ1n) is 7.97. The molecule has 0 saturated carbocycles. The molecule has 2 atom stereocenters. The highest BCUT2D eigenvalue weighted by Gasteiger charge is 2.21. The van der Waals surface area contributed by atoms with Crippen molar-refractivity contribution in [2.45, 2.75) is 38.2 Å². The monoisotopic (exact) mass is 276 g/mol. The Morgan fingerprint density at radius 2 is 1.85 bits per heavy atom. The van der Waals surface area contributed by atoms with Crippen LogP contribution in [-0.2, 0) is 0 Å². The van der Waals surface area contributed by atoms with Gasteiger partial charge in [0.15, 0.2) is 0 Å². The van der Waals surface area contributed by atoms with E-state index in [4.69, 9.17) is 0 Å². The van der Waals surface area contributed by atoms with Gasteiger partial charge in [-0.2, -0.15) is 0 Å². The van der Waals surface area contributed by atoms with Gasteiger partial charge in [0.25, 0.3) is 0 Å². The van der Waals surface area contributed by atoms with Crippen molar-refractivity contribution in [1.82, 2.24) is 10.2 Å². The third-order valence-electron chi connectivity index (χ3n) is 4.24. The molecule has 112 valence electrons. The van der Waals surface area contributed by atoms with Gasteiger partial charge in [0.2, 0.25) is 0 Å². The lowest BCUT2D eigenvalue weighted by atomic mass is 9.88. The second kappa shape index (κ2) is 8.40. The summed E-state index contributed by atoms with van der Waals surface area (Å²) in [5.74, 6) is 0.269. The van der Waals surface area contributed by atoms with E-state index in [1.807, 2.05) is 6.07 Å². The fourth-order valence-electron chi connectivity index (χ4n) is 3.03. The Morgan fingerprint density at radius 3 is 2.50 bits per heavy atom. The maximum atomic E-state index is 10.5. The van der Waals surface area contributed by atoms with Crippen LogP contribution in [0.4, 0.5) is 0 Å². The number of aliphatic hydroxyl groups excluding tert-OH is 1. The van der Waals surface area contributed by atoms with Crippen molar-refractivity contribution in [1.29, 1.82) is 0 Å². The number of benzene rings is 1. The SMILES string of the molecule is CCCC(O)C(CCN1CCNCC1)c1ccccc1. The zero-order chi connectivity index (χ0) is 14.2. The molecule has 2 rings (SSSR count). The molecule has 1 aliphatic heterocycles. The molecule has 1 saturated heterocycles. The summed E-state index contributed by atoms with van der Waals surface area (Å²) >= 11 is 0. The van der Waals surface area contributed by atoms with E-state index >= 15 is 0 Å². The summed E-state index contributed by atoms with van der Waals surface area (Å²) in [4.78, 5) is 2.51. The van der Waals surface area contributed by atoms with Gasteiger partial charge in [-0.25, -0.2) is 0 Å². The zero-order valence-corrected chi connectivity index (χ0v) is 12.6. The Balaban J connectivity index is 1.95. The van der Waals surface area contributed by atoms with Crippen LogP contribution < -0.4 is 5.32 Å². The molecular formula is C17H28N2O. The minimum atomic E-state index is -0.217. The zero-order valence-electron chi connectivity index (χ0n) is 12.6. The first-order chi connectivity index (χ1) is 9.81. The average molecular weight is 276 g/mol. The first kappa shape index (κ1) is 15.5. The molecule has 0 spiro atoms. The lowest BCUT2D eigenvalue weighted by Crippen LogP contribution is -2.44. The van der Waals surface area contributed by atoms with Crippen molar-refractivity contribution in [2.75, 3.05) is 32.7 Å². The summed E-state index contributed by atoms with van der Waals surface area (Å²) in [6.45, 7) is 7.67. The fourth-order valence-corrected chi connectivity index (χ4v) is 3.03. The molecule has 3 nitrogen and oxygen atoms in total. The molecule has 0 aliphatic carbocycles. The topological polar surface area (TPSA) is 35.5 Å². The standard InChI is InChI=1S/C17H28N2O/c1-2-6-17(20)16(15-7-4-3-5-8-15)9-12-19-13-10-18-11-14-19/h3-5,7-8,16-18,20H,2,6,9-14H2,1H3. The molecule has 1 aromatic carbocycles. The van der Waals surface area contributed by atoms with E-state index in [0.717, 1.165) is 52.0 Å². The molecule has 1 heterocycles. The van der Waals surface area contributed by atoms with E-state index in [1.165, 1.54) is 5.56 Å².